The summed E-state index contributed by atoms with van der Waals surface area (Å²) in [6.07, 6.45) is 1.58. The number of nitrogens with zero attached hydrogens (tertiary/aromatic N) is 6. The SMILES string of the molecule is N#CC(C#N)=NNc1ccc(-n2cnc(Br)n2)cc1. The summed E-state index contributed by atoms with van der Waals surface area (Å²) in [6, 6.07) is 10.4. The molecule has 0 spiro atoms. The van der Waals surface area contributed by atoms with Gasteiger partial charge in [-0.1, -0.05) is 0 Å². The maximum Gasteiger partial charge on any atom is 0.237 e. The average molecular weight is 316 g/mol. The number of nitriles is 2. The third kappa shape index (κ3) is 3.15. The molecule has 2 aromatic rings. The lowest BCUT2D eigenvalue weighted by atomic mass is 10.3. The monoisotopic (exact) mass is 315 g/mol. The normalized spacial score (nSPS) is 9.21. The molecule has 19 heavy (non-hydrogen) atoms. The zero-order chi connectivity index (χ0) is 13.7. The third-order valence-corrected chi connectivity index (χ3v) is 2.47. The van der Waals surface area contributed by atoms with Gasteiger partial charge in [-0.25, -0.2) is 9.67 Å². The maximum absolute atomic E-state index is 8.53. The van der Waals surface area contributed by atoms with E-state index in [1.807, 2.05) is 0 Å². The fraction of sp³-hybridized carbons (Fsp3) is 0. The number of hydrogen-bond donors (Lipinski definition) is 1. The number of hydrazone groups is 1. The molecule has 0 bridgehead atoms. The van der Waals surface area contributed by atoms with Crippen LogP contribution in [0.4, 0.5) is 5.69 Å². The molecule has 0 aliphatic heterocycles. The van der Waals surface area contributed by atoms with Crippen LogP contribution < -0.4 is 5.43 Å². The Bertz CT molecular complexity index is 671. The van der Waals surface area contributed by atoms with Gasteiger partial charge in [-0.2, -0.15) is 15.6 Å². The Hall–Kier alpha value is -2.71. The summed E-state index contributed by atoms with van der Waals surface area (Å²) in [4.78, 5) is 3.96. The minimum absolute atomic E-state index is 0.232. The lowest BCUT2D eigenvalue weighted by Crippen LogP contribution is -1.97. The van der Waals surface area contributed by atoms with Crippen molar-refractivity contribution in [2.75, 3.05) is 5.43 Å². The molecule has 0 saturated carbocycles. The number of rotatable bonds is 3. The molecule has 0 saturated heterocycles. The van der Waals surface area contributed by atoms with Gasteiger partial charge < -0.3 is 0 Å². The number of aromatic nitrogens is 3. The molecule has 0 aliphatic carbocycles. The molecule has 0 radical (unpaired) electrons. The van der Waals surface area contributed by atoms with E-state index >= 15 is 0 Å². The molecule has 1 aromatic carbocycles. The largest absolute Gasteiger partial charge is 0.277 e. The summed E-state index contributed by atoms with van der Waals surface area (Å²) in [5.74, 6) is 0. The van der Waals surface area contributed by atoms with Crippen molar-refractivity contribution in [2.24, 2.45) is 5.10 Å². The Balaban J connectivity index is 2.14. The maximum atomic E-state index is 8.53. The van der Waals surface area contributed by atoms with E-state index in [-0.39, 0.29) is 5.71 Å². The van der Waals surface area contributed by atoms with Gasteiger partial charge in [0.2, 0.25) is 10.4 Å². The van der Waals surface area contributed by atoms with Crippen LogP contribution in [-0.2, 0) is 0 Å². The summed E-state index contributed by atoms with van der Waals surface area (Å²) in [6.45, 7) is 0. The Morgan fingerprint density at radius 2 is 1.95 bits per heavy atom. The molecule has 0 amide bonds. The second kappa shape index (κ2) is 5.76. The smallest absolute Gasteiger partial charge is 0.237 e. The molecule has 1 aromatic heterocycles. The van der Waals surface area contributed by atoms with Gasteiger partial charge in [-0.15, -0.1) is 5.10 Å². The highest BCUT2D eigenvalue weighted by molar-refractivity contribution is 9.10. The van der Waals surface area contributed by atoms with Crippen LogP contribution in [-0.4, -0.2) is 20.5 Å². The van der Waals surface area contributed by atoms with Crippen LogP contribution in [0, 0.1) is 22.7 Å². The first kappa shape index (κ1) is 12.7. The third-order valence-electron chi connectivity index (χ3n) is 2.10. The molecule has 0 unspecified atom stereocenters. The number of nitrogens with one attached hydrogen (secondary N) is 1. The molecule has 7 nitrogen and oxygen atoms in total. The molecule has 0 aliphatic rings. The van der Waals surface area contributed by atoms with Gasteiger partial charge in [0.1, 0.15) is 18.5 Å². The summed E-state index contributed by atoms with van der Waals surface area (Å²) in [7, 11) is 0. The topological polar surface area (TPSA) is 103 Å². The number of halogens is 1. The van der Waals surface area contributed by atoms with Crippen LogP contribution in [0.15, 0.2) is 40.4 Å². The van der Waals surface area contributed by atoms with Crippen LogP contribution in [0.3, 0.4) is 0 Å². The highest BCUT2D eigenvalue weighted by atomic mass is 79.9. The van der Waals surface area contributed by atoms with E-state index in [9.17, 15) is 0 Å². The van der Waals surface area contributed by atoms with E-state index in [1.165, 1.54) is 0 Å². The van der Waals surface area contributed by atoms with Crippen molar-refractivity contribution in [3.8, 4) is 17.8 Å². The molecular formula is C11H6BrN7. The Morgan fingerprint density at radius 3 is 2.47 bits per heavy atom. The minimum Gasteiger partial charge on any atom is -0.277 e. The molecule has 1 heterocycles. The lowest BCUT2D eigenvalue weighted by molar-refractivity contribution is 0.870. The minimum atomic E-state index is -0.232. The van der Waals surface area contributed by atoms with Gasteiger partial charge in [0.05, 0.1) is 11.4 Å². The van der Waals surface area contributed by atoms with E-state index in [0.717, 1.165) is 5.69 Å². The summed E-state index contributed by atoms with van der Waals surface area (Å²) in [5.41, 5.74) is 3.87. The van der Waals surface area contributed by atoms with Crippen molar-refractivity contribution >= 4 is 27.3 Å². The quantitative estimate of drug-likeness (QED) is 0.687. The first-order valence-electron chi connectivity index (χ1n) is 5.04. The fourth-order valence-corrected chi connectivity index (χ4v) is 1.51. The fourth-order valence-electron chi connectivity index (χ4n) is 1.25. The first-order valence-corrected chi connectivity index (χ1v) is 5.83. The van der Waals surface area contributed by atoms with Gasteiger partial charge in [-0.3, -0.25) is 5.43 Å². The highest BCUT2D eigenvalue weighted by Gasteiger charge is 2.00. The Morgan fingerprint density at radius 1 is 1.26 bits per heavy atom. The van der Waals surface area contributed by atoms with Gasteiger partial charge in [0, 0.05) is 0 Å². The molecule has 2 rings (SSSR count). The first-order chi connectivity index (χ1) is 9.22. The van der Waals surface area contributed by atoms with E-state index in [1.54, 1.807) is 47.4 Å². The second-order valence-corrected chi connectivity index (χ2v) is 4.01. The number of benzene rings is 1. The second-order valence-electron chi connectivity index (χ2n) is 3.30. The molecular weight excluding hydrogens is 310 g/mol. The molecule has 0 fully saturated rings. The van der Waals surface area contributed by atoms with Crippen molar-refractivity contribution < 1.29 is 0 Å². The number of anilines is 1. The summed E-state index contributed by atoms with van der Waals surface area (Å²) >= 11 is 3.17. The molecule has 1 N–H and O–H groups in total. The highest BCUT2D eigenvalue weighted by Crippen LogP contribution is 2.13. The van der Waals surface area contributed by atoms with Crippen LogP contribution in [0.5, 0.6) is 0 Å². The van der Waals surface area contributed by atoms with E-state index in [2.05, 4.69) is 36.5 Å². The predicted octanol–water partition coefficient (Wildman–Crippen LogP) is 1.84. The van der Waals surface area contributed by atoms with E-state index < -0.39 is 0 Å². The van der Waals surface area contributed by atoms with Gasteiger partial charge in [-0.05, 0) is 40.2 Å². The van der Waals surface area contributed by atoms with E-state index in [4.69, 9.17) is 10.5 Å². The standard InChI is InChI=1S/C11H6BrN7/c12-11-15-7-19(18-11)10-3-1-8(2-4-10)16-17-9(5-13)6-14/h1-4,7,16H. The van der Waals surface area contributed by atoms with E-state index in [0.29, 0.717) is 10.4 Å². The van der Waals surface area contributed by atoms with Crippen LogP contribution in [0.2, 0.25) is 0 Å². The number of hydrogen-bond acceptors (Lipinski definition) is 6. The van der Waals surface area contributed by atoms with Crippen molar-refractivity contribution in [3.05, 3.63) is 35.3 Å². The van der Waals surface area contributed by atoms with Crippen molar-refractivity contribution in [1.82, 2.24) is 14.8 Å². The molecule has 0 atom stereocenters. The van der Waals surface area contributed by atoms with Crippen molar-refractivity contribution in [3.63, 3.8) is 0 Å². The van der Waals surface area contributed by atoms with Crippen LogP contribution >= 0.6 is 15.9 Å². The van der Waals surface area contributed by atoms with Gasteiger partial charge in [0.15, 0.2) is 0 Å². The predicted molar refractivity (Wildman–Crippen MR) is 71.3 cm³/mol. The lowest BCUT2D eigenvalue weighted by Gasteiger charge is -2.02. The van der Waals surface area contributed by atoms with Crippen molar-refractivity contribution in [2.45, 2.75) is 0 Å². The van der Waals surface area contributed by atoms with Crippen molar-refractivity contribution in [1.29, 1.82) is 10.5 Å². The zero-order valence-corrected chi connectivity index (χ0v) is 11.0. The zero-order valence-electron chi connectivity index (χ0n) is 9.45. The Kier molecular flexibility index (Phi) is 3.86. The summed E-state index contributed by atoms with van der Waals surface area (Å²) < 4.78 is 2.11. The summed E-state index contributed by atoms with van der Waals surface area (Å²) in [5, 5.41) is 24.8. The molecule has 92 valence electrons. The van der Waals surface area contributed by atoms with Crippen LogP contribution in [0.1, 0.15) is 0 Å². The van der Waals surface area contributed by atoms with Gasteiger partial charge >= 0.3 is 0 Å². The average Bonchev–Trinajstić information content (AvgIpc) is 2.87. The van der Waals surface area contributed by atoms with Gasteiger partial charge in [0.25, 0.3) is 0 Å². The Labute approximate surface area is 116 Å². The molecule has 8 heteroatoms. The van der Waals surface area contributed by atoms with Crippen LogP contribution in [0.25, 0.3) is 5.69 Å².